The predicted octanol–water partition coefficient (Wildman–Crippen LogP) is 3.17. The van der Waals surface area contributed by atoms with Gasteiger partial charge in [-0.25, -0.2) is 0 Å². The molecular formula is C18H15N3O2. The number of amides is 1. The summed E-state index contributed by atoms with van der Waals surface area (Å²) in [5.41, 5.74) is 4.03. The third kappa shape index (κ3) is 2.01. The second-order valence-electron chi connectivity index (χ2n) is 5.62. The number of rotatable bonds is 2. The van der Waals surface area contributed by atoms with Crippen LogP contribution in [0.3, 0.4) is 0 Å². The van der Waals surface area contributed by atoms with Gasteiger partial charge in [-0.15, -0.1) is 0 Å². The predicted molar refractivity (Wildman–Crippen MR) is 86.5 cm³/mol. The first-order valence-corrected chi connectivity index (χ1v) is 7.39. The molecule has 0 fully saturated rings. The standard InChI is InChI=1S/C18H15N3O2/c1-11-15-16(20-19-11)18(23)21(13-7-9-14(22)10-8-13)17(15)12-5-3-2-4-6-12/h2-10,17,22H,1H3,(H,19,20)/t17-/m0/s1. The number of aryl methyl sites for hydroxylation is 1. The molecule has 2 heterocycles. The Morgan fingerprint density at radius 3 is 2.48 bits per heavy atom. The number of aromatic nitrogens is 2. The van der Waals surface area contributed by atoms with Gasteiger partial charge in [0.15, 0.2) is 5.69 Å². The van der Waals surface area contributed by atoms with Crippen LogP contribution in [0.2, 0.25) is 0 Å². The summed E-state index contributed by atoms with van der Waals surface area (Å²) < 4.78 is 0. The highest BCUT2D eigenvalue weighted by Gasteiger charge is 2.42. The second kappa shape index (κ2) is 4.98. The molecule has 114 valence electrons. The molecule has 3 aromatic rings. The van der Waals surface area contributed by atoms with E-state index in [9.17, 15) is 9.90 Å². The summed E-state index contributed by atoms with van der Waals surface area (Å²) in [6, 6.07) is 16.3. The Morgan fingerprint density at radius 2 is 1.78 bits per heavy atom. The first-order chi connectivity index (χ1) is 11.2. The lowest BCUT2D eigenvalue weighted by molar-refractivity contribution is 0.0988. The van der Waals surface area contributed by atoms with Crippen molar-refractivity contribution in [1.29, 1.82) is 0 Å². The Bertz CT molecular complexity index is 869. The fourth-order valence-corrected chi connectivity index (χ4v) is 3.13. The third-order valence-electron chi connectivity index (χ3n) is 4.19. The summed E-state index contributed by atoms with van der Waals surface area (Å²) in [5.74, 6) is 0.0372. The summed E-state index contributed by atoms with van der Waals surface area (Å²) in [6.45, 7) is 1.93. The Labute approximate surface area is 133 Å². The van der Waals surface area contributed by atoms with Crippen LogP contribution in [0.25, 0.3) is 0 Å². The molecule has 0 spiro atoms. The average Bonchev–Trinajstić information content (AvgIpc) is 3.08. The lowest BCUT2D eigenvalue weighted by Crippen LogP contribution is -2.29. The third-order valence-corrected chi connectivity index (χ3v) is 4.19. The number of carbonyl (C=O) groups is 1. The van der Waals surface area contributed by atoms with Gasteiger partial charge in [-0.05, 0) is 36.8 Å². The lowest BCUT2D eigenvalue weighted by Gasteiger charge is -2.26. The molecule has 0 bridgehead atoms. The molecule has 5 heteroatoms. The van der Waals surface area contributed by atoms with Crippen LogP contribution in [0.1, 0.15) is 33.4 Å². The van der Waals surface area contributed by atoms with Gasteiger partial charge >= 0.3 is 0 Å². The molecule has 2 N–H and O–H groups in total. The van der Waals surface area contributed by atoms with Crippen molar-refractivity contribution in [1.82, 2.24) is 10.2 Å². The van der Waals surface area contributed by atoms with Crippen molar-refractivity contribution < 1.29 is 9.90 Å². The van der Waals surface area contributed by atoms with Gasteiger partial charge < -0.3 is 5.11 Å². The van der Waals surface area contributed by atoms with Gasteiger partial charge in [0.25, 0.3) is 5.91 Å². The summed E-state index contributed by atoms with van der Waals surface area (Å²) in [7, 11) is 0. The van der Waals surface area contributed by atoms with Crippen molar-refractivity contribution in [2.45, 2.75) is 13.0 Å². The van der Waals surface area contributed by atoms with Gasteiger partial charge in [-0.1, -0.05) is 30.3 Å². The largest absolute Gasteiger partial charge is 0.508 e. The molecule has 0 unspecified atom stereocenters. The first kappa shape index (κ1) is 13.6. The zero-order valence-electron chi connectivity index (χ0n) is 12.5. The Morgan fingerprint density at radius 1 is 1.09 bits per heavy atom. The fourth-order valence-electron chi connectivity index (χ4n) is 3.13. The smallest absolute Gasteiger partial charge is 0.279 e. The van der Waals surface area contributed by atoms with Crippen LogP contribution >= 0.6 is 0 Å². The number of nitrogens with zero attached hydrogens (tertiary/aromatic N) is 2. The molecule has 0 aliphatic carbocycles. The van der Waals surface area contributed by atoms with Crippen LogP contribution in [-0.4, -0.2) is 21.2 Å². The highest BCUT2D eigenvalue weighted by atomic mass is 16.3. The molecular weight excluding hydrogens is 290 g/mol. The normalized spacial score (nSPS) is 16.7. The van der Waals surface area contributed by atoms with Crippen LogP contribution in [0, 0.1) is 6.92 Å². The van der Waals surface area contributed by atoms with Crippen molar-refractivity contribution in [3.8, 4) is 5.75 Å². The van der Waals surface area contributed by atoms with Gasteiger partial charge in [0, 0.05) is 16.9 Å². The summed E-state index contributed by atoms with van der Waals surface area (Å²) >= 11 is 0. The van der Waals surface area contributed by atoms with E-state index in [-0.39, 0.29) is 17.7 Å². The van der Waals surface area contributed by atoms with E-state index in [1.54, 1.807) is 29.2 Å². The van der Waals surface area contributed by atoms with Crippen LogP contribution in [-0.2, 0) is 0 Å². The fraction of sp³-hybridized carbons (Fsp3) is 0.111. The molecule has 1 amide bonds. The summed E-state index contributed by atoms with van der Waals surface area (Å²) in [5, 5.41) is 16.6. The highest BCUT2D eigenvalue weighted by molar-refractivity contribution is 6.10. The van der Waals surface area contributed by atoms with E-state index >= 15 is 0 Å². The summed E-state index contributed by atoms with van der Waals surface area (Å²) in [4.78, 5) is 14.6. The number of H-pyrrole nitrogens is 1. The molecule has 23 heavy (non-hydrogen) atoms. The van der Waals surface area contributed by atoms with E-state index in [0.29, 0.717) is 5.69 Å². The van der Waals surface area contributed by atoms with Crippen molar-refractivity contribution in [2.75, 3.05) is 4.90 Å². The number of aromatic hydroxyl groups is 1. The summed E-state index contributed by atoms with van der Waals surface area (Å²) in [6.07, 6.45) is 0. The van der Waals surface area contributed by atoms with Crippen molar-refractivity contribution in [2.24, 2.45) is 0 Å². The van der Waals surface area contributed by atoms with Crippen LogP contribution < -0.4 is 4.90 Å². The lowest BCUT2D eigenvalue weighted by atomic mass is 9.99. The van der Waals surface area contributed by atoms with Gasteiger partial charge in [0.2, 0.25) is 0 Å². The average molecular weight is 305 g/mol. The topological polar surface area (TPSA) is 69.2 Å². The van der Waals surface area contributed by atoms with E-state index in [0.717, 1.165) is 22.5 Å². The number of carbonyl (C=O) groups excluding carboxylic acids is 1. The molecule has 1 aromatic heterocycles. The van der Waals surface area contributed by atoms with E-state index in [2.05, 4.69) is 10.2 Å². The SMILES string of the molecule is Cc1[nH]nc2c1[C@H](c1ccccc1)N(c1ccc(O)cc1)C2=O. The molecule has 1 atom stereocenters. The Balaban J connectivity index is 1.91. The maximum atomic E-state index is 12.9. The minimum atomic E-state index is -0.220. The monoisotopic (exact) mass is 305 g/mol. The van der Waals surface area contributed by atoms with Crippen molar-refractivity contribution in [3.63, 3.8) is 0 Å². The minimum absolute atomic E-state index is 0.135. The van der Waals surface area contributed by atoms with Crippen LogP contribution in [0.5, 0.6) is 5.75 Å². The van der Waals surface area contributed by atoms with Gasteiger partial charge in [0.05, 0.1) is 6.04 Å². The maximum absolute atomic E-state index is 12.9. The zero-order valence-corrected chi connectivity index (χ0v) is 12.5. The molecule has 0 radical (unpaired) electrons. The van der Waals surface area contributed by atoms with Gasteiger partial charge in [-0.2, -0.15) is 5.10 Å². The Kier molecular flexibility index (Phi) is 2.94. The second-order valence-corrected chi connectivity index (χ2v) is 5.62. The van der Waals surface area contributed by atoms with Crippen LogP contribution in [0.4, 0.5) is 5.69 Å². The molecule has 1 aliphatic rings. The van der Waals surface area contributed by atoms with E-state index < -0.39 is 0 Å². The molecule has 1 aliphatic heterocycles. The van der Waals surface area contributed by atoms with Crippen molar-refractivity contribution >= 4 is 11.6 Å². The molecule has 2 aromatic carbocycles. The minimum Gasteiger partial charge on any atom is -0.508 e. The highest BCUT2D eigenvalue weighted by Crippen LogP contribution is 2.42. The maximum Gasteiger partial charge on any atom is 0.279 e. The quantitative estimate of drug-likeness (QED) is 0.764. The number of hydrogen-bond donors (Lipinski definition) is 2. The number of hydrogen-bond acceptors (Lipinski definition) is 3. The van der Waals surface area contributed by atoms with Crippen molar-refractivity contribution in [3.05, 3.63) is 77.1 Å². The number of phenols is 1. The van der Waals surface area contributed by atoms with E-state index in [1.165, 1.54) is 0 Å². The molecule has 0 saturated heterocycles. The number of aromatic amines is 1. The van der Waals surface area contributed by atoms with Crippen LogP contribution in [0.15, 0.2) is 54.6 Å². The zero-order chi connectivity index (χ0) is 16.0. The number of nitrogens with one attached hydrogen (secondary N) is 1. The van der Waals surface area contributed by atoms with Gasteiger partial charge in [-0.3, -0.25) is 14.8 Å². The first-order valence-electron chi connectivity index (χ1n) is 7.39. The van der Waals surface area contributed by atoms with Gasteiger partial charge in [0.1, 0.15) is 5.75 Å². The molecule has 5 nitrogen and oxygen atoms in total. The number of phenolic OH excluding ortho intramolecular Hbond substituents is 1. The van der Waals surface area contributed by atoms with E-state index in [1.807, 2.05) is 37.3 Å². The molecule has 4 rings (SSSR count). The Hall–Kier alpha value is -3.08. The van der Waals surface area contributed by atoms with E-state index in [4.69, 9.17) is 0 Å². The number of anilines is 1. The number of benzene rings is 2. The number of fused-ring (bicyclic) bond motifs is 1. The molecule has 0 saturated carbocycles.